The third-order valence-corrected chi connectivity index (χ3v) is 13.4. The van der Waals surface area contributed by atoms with Crippen molar-refractivity contribution in [2.24, 2.45) is 5.92 Å². The van der Waals surface area contributed by atoms with E-state index in [1.54, 1.807) is 4.90 Å². The number of amides is 5. The van der Waals surface area contributed by atoms with E-state index in [0.717, 1.165) is 111 Å². The zero-order chi connectivity index (χ0) is 42.3. The maximum absolute atomic E-state index is 13.8. The lowest BCUT2D eigenvalue weighted by atomic mass is 9.95. The van der Waals surface area contributed by atoms with E-state index < -0.39 is 6.04 Å². The van der Waals surface area contributed by atoms with Gasteiger partial charge in [-0.15, -0.1) is 0 Å². The van der Waals surface area contributed by atoms with Crippen molar-refractivity contribution < 1.29 is 23.9 Å². The predicted octanol–water partition coefficient (Wildman–Crippen LogP) is 4.92. The van der Waals surface area contributed by atoms with E-state index >= 15 is 0 Å². The number of ether oxygens (including phenoxy) is 1. The van der Waals surface area contributed by atoms with Gasteiger partial charge in [0, 0.05) is 88.7 Å². The number of urea groups is 1. The number of hydrogen-bond acceptors (Lipinski definition) is 11. The molecule has 5 aromatic rings. The number of para-hydroxylation sites is 1. The summed E-state index contributed by atoms with van der Waals surface area (Å²) >= 11 is 0. The predicted molar refractivity (Wildman–Crippen MR) is 232 cm³/mol. The number of nitrogens with zero attached hydrogens (tertiary/aromatic N) is 9. The van der Waals surface area contributed by atoms with Crippen molar-refractivity contribution >= 4 is 46.3 Å². The largest absolute Gasteiger partial charge is 0.457 e. The molecule has 0 saturated carbocycles. The van der Waals surface area contributed by atoms with Crippen LogP contribution in [-0.2, 0) is 16.1 Å². The Hall–Kier alpha value is -6.55. The van der Waals surface area contributed by atoms with E-state index in [4.69, 9.17) is 15.6 Å². The molecule has 1 unspecified atom stereocenters. The van der Waals surface area contributed by atoms with Gasteiger partial charge in [0.15, 0.2) is 5.65 Å². The summed E-state index contributed by atoms with van der Waals surface area (Å²) in [4.78, 5) is 70.5. The number of anilines is 2. The molecule has 320 valence electrons. The Morgan fingerprint density at radius 3 is 2.26 bits per heavy atom. The maximum Gasteiger partial charge on any atom is 0.320 e. The smallest absolute Gasteiger partial charge is 0.320 e. The highest BCUT2D eigenvalue weighted by Gasteiger charge is 2.39. The third kappa shape index (κ3) is 7.78. The Bertz CT molecular complexity index is 2490. The minimum atomic E-state index is -0.607. The van der Waals surface area contributed by atoms with Gasteiger partial charge in [-0.25, -0.2) is 19.4 Å². The van der Waals surface area contributed by atoms with Crippen LogP contribution >= 0.6 is 0 Å². The second kappa shape index (κ2) is 16.7. The summed E-state index contributed by atoms with van der Waals surface area (Å²) in [7, 11) is 0. The molecule has 7 heterocycles. The first-order valence-electron chi connectivity index (χ1n) is 21.9. The standard InChI is InChI=1S/C46H51N11O5/c47-42-40-41(31-6-9-36(10-7-31)62-35-4-2-1-3-5-35)51-57(43(40)49-29-48-42)33-16-20-54(21-17-33)46(61)55-24-22-52(23-25-55)27-30-14-18-53(19-15-30)34-8-11-37-32(26-34)28-56(45(37)60)38-12-13-39(58)50-44(38)59/h1-11,26,29-30,33,38H,12-25,27-28H2,(H2,47,48,49)(H,50,58,59). The van der Waals surface area contributed by atoms with Crippen molar-refractivity contribution in [3.05, 3.63) is 90.3 Å². The van der Waals surface area contributed by atoms with Crippen LogP contribution in [0, 0.1) is 5.92 Å². The van der Waals surface area contributed by atoms with Gasteiger partial charge >= 0.3 is 6.03 Å². The Balaban J connectivity index is 0.692. The van der Waals surface area contributed by atoms with Crippen LogP contribution in [0.4, 0.5) is 16.3 Å². The van der Waals surface area contributed by atoms with Gasteiger partial charge < -0.3 is 30.1 Å². The highest BCUT2D eigenvalue weighted by atomic mass is 16.5. The first-order chi connectivity index (χ1) is 30.3. The lowest BCUT2D eigenvalue weighted by Gasteiger charge is -2.41. The van der Waals surface area contributed by atoms with Crippen LogP contribution in [0.15, 0.2) is 79.1 Å². The summed E-state index contributed by atoms with van der Waals surface area (Å²) in [6, 6.07) is 23.1. The van der Waals surface area contributed by atoms with Gasteiger partial charge in [0.25, 0.3) is 5.91 Å². The minimum absolute atomic E-state index is 0.0656. The molecule has 62 heavy (non-hydrogen) atoms. The van der Waals surface area contributed by atoms with Gasteiger partial charge in [0.2, 0.25) is 11.8 Å². The number of nitrogens with two attached hydrogens (primary N) is 1. The van der Waals surface area contributed by atoms with Gasteiger partial charge in [-0.1, -0.05) is 18.2 Å². The average molecular weight is 838 g/mol. The lowest BCUT2D eigenvalue weighted by molar-refractivity contribution is -0.136. The van der Waals surface area contributed by atoms with Crippen molar-refractivity contribution in [1.82, 2.24) is 44.7 Å². The van der Waals surface area contributed by atoms with Crippen LogP contribution in [0.1, 0.15) is 60.5 Å². The topological polar surface area (TPSA) is 175 Å². The van der Waals surface area contributed by atoms with E-state index in [0.29, 0.717) is 49.0 Å². The van der Waals surface area contributed by atoms with Gasteiger partial charge in [0.1, 0.15) is 35.4 Å². The zero-order valence-corrected chi connectivity index (χ0v) is 34.7. The van der Waals surface area contributed by atoms with E-state index in [9.17, 15) is 19.2 Å². The Kier molecular flexibility index (Phi) is 10.7. The number of fused-ring (bicyclic) bond motifs is 2. The van der Waals surface area contributed by atoms with Gasteiger partial charge in [-0.3, -0.25) is 24.6 Å². The summed E-state index contributed by atoms with van der Waals surface area (Å²) in [5.41, 5.74) is 11.4. The number of nitrogen functional groups attached to an aromatic ring is 1. The number of aromatic nitrogens is 4. The molecule has 5 aliphatic heterocycles. The number of imide groups is 1. The molecule has 10 rings (SSSR count). The Labute approximate surface area is 359 Å². The molecule has 0 spiro atoms. The molecule has 16 heteroatoms. The van der Waals surface area contributed by atoms with E-state index in [1.165, 1.54) is 6.33 Å². The molecular formula is C46H51N11O5. The van der Waals surface area contributed by atoms with Crippen molar-refractivity contribution in [3.8, 4) is 22.8 Å². The van der Waals surface area contributed by atoms with Crippen LogP contribution in [0.25, 0.3) is 22.3 Å². The van der Waals surface area contributed by atoms with Crippen LogP contribution in [0.5, 0.6) is 11.5 Å². The quantitative estimate of drug-likeness (QED) is 0.203. The fourth-order valence-corrected chi connectivity index (χ4v) is 9.88. The number of carbonyl (C=O) groups excluding carboxylic acids is 4. The number of likely N-dealkylation sites (tertiary alicyclic amines) is 1. The molecule has 3 N–H and O–H groups in total. The molecule has 1 atom stereocenters. The molecular weight excluding hydrogens is 787 g/mol. The highest BCUT2D eigenvalue weighted by Crippen LogP contribution is 2.36. The fourth-order valence-electron chi connectivity index (χ4n) is 9.88. The van der Waals surface area contributed by atoms with Gasteiger partial charge in [0.05, 0.1) is 11.4 Å². The number of carbonyl (C=O) groups is 4. The third-order valence-electron chi connectivity index (χ3n) is 13.4. The van der Waals surface area contributed by atoms with Crippen molar-refractivity contribution in [2.45, 2.75) is 57.2 Å². The van der Waals surface area contributed by atoms with Crippen molar-refractivity contribution in [1.29, 1.82) is 0 Å². The van der Waals surface area contributed by atoms with Crippen LogP contribution < -0.4 is 20.7 Å². The first-order valence-corrected chi connectivity index (χ1v) is 21.9. The molecule has 5 aliphatic rings. The number of piperidine rings is 3. The number of benzene rings is 3. The number of rotatable bonds is 8. The molecule has 2 aromatic heterocycles. The fraction of sp³-hybridized carbons (Fsp3) is 0.413. The van der Waals surface area contributed by atoms with E-state index in [-0.39, 0.29) is 36.2 Å². The summed E-state index contributed by atoms with van der Waals surface area (Å²) in [5.74, 6) is 1.65. The second-order valence-electron chi connectivity index (χ2n) is 17.2. The Morgan fingerprint density at radius 1 is 0.790 bits per heavy atom. The summed E-state index contributed by atoms with van der Waals surface area (Å²) in [5, 5.41) is 8.17. The minimum Gasteiger partial charge on any atom is -0.457 e. The second-order valence-corrected chi connectivity index (χ2v) is 17.2. The Morgan fingerprint density at radius 2 is 1.52 bits per heavy atom. The number of piperazine rings is 1. The van der Waals surface area contributed by atoms with Crippen molar-refractivity contribution in [3.63, 3.8) is 0 Å². The molecule has 4 saturated heterocycles. The van der Waals surface area contributed by atoms with Gasteiger partial charge in [-0.05, 0) is 98.2 Å². The maximum atomic E-state index is 13.8. The summed E-state index contributed by atoms with van der Waals surface area (Å²) in [6.07, 6.45) is 5.77. The zero-order valence-electron chi connectivity index (χ0n) is 34.7. The average Bonchev–Trinajstić information content (AvgIpc) is 3.85. The molecule has 5 amide bonds. The summed E-state index contributed by atoms with van der Waals surface area (Å²) in [6.45, 7) is 7.76. The number of nitrogens with one attached hydrogen (secondary N) is 1. The number of hydrogen-bond donors (Lipinski definition) is 2. The SMILES string of the molecule is Nc1ncnc2c1c(-c1ccc(Oc3ccccc3)cc1)nn2C1CCN(C(=O)N2CCN(CC3CCN(c4ccc5c(c4)CN(C4CCC(=O)NC4=O)C5=O)CC3)CC2)CC1. The molecule has 0 bridgehead atoms. The molecule has 3 aromatic carbocycles. The molecule has 16 nitrogen and oxygen atoms in total. The lowest BCUT2D eigenvalue weighted by Crippen LogP contribution is -2.55. The molecule has 0 radical (unpaired) electrons. The van der Waals surface area contributed by atoms with Crippen LogP contribution in [-0.4, -0.2) is 128 Å². The molecule has 0 aliphatic carbocycles. The van der Waals surface area contributed by atoms with Crippen LogP contribution in [0.2, 0.25) is 0 Å². The molecule has 4 fully saturated rings. The van der Waals surface area contributed by atoms with Crippen LogP contribution in [0.3, 0.4) is 0 Å². The van der Waals surface area contributed by atoms with E-state index in [1.807, 2.05) is 81.2 Å². The van der Waals surface area contributed by atoms with Crippen molar-refractivity contribution in [2.75, 3.05) is 69.5 Å². The monoisotopic (exact) mass is 837 g/mol. The normalized spacial score (nSPS) is 20.5. The summed E-state index contributed by atoms with van der Waals surface area (Å²) < 4.78 is 7.98. The first kappa shape index (κ1) is 39.6. The highest BCUT2D eigenvalue weighted by molar-refractivity contribution is 6.05. The van der Waals surface area contributed by atoms with E-state index in [2.05, 4.69) is 31.2 Å². The van der Waals surface area contributed by atoms with Gasteiger partial charge in [-0.2, -0.15) is 5.10 Å².